The Balaban J connectivity index is 2.03. The van der Waals surface area contributed by atoms with Crippen LogP contribution >= 0.6 is 0 Å². The maximum atomic E-state index is 10.7. The summed E-state index contributed by atoms with van der Waals surface area (Å²) < 4.78 is 5.30. The number of aromatic hydroxyl groups is 1. The number of methoxy groups -OCH3 is 1. The third-order valence-corrected chi connectivity index (χ3v) is 3.54. The summed E-state index contributed by atoms with van der Waals surface area (Å²) in [6.45, 7) is 2.28. The summed E-state index contributed by atoms with van der Waals surface area (Å²) in [6, 6.07) is 4.14. The van der Waals surface area contributed by atoms with E-state index in [-0.39, 0.29) is 11.4 Å². The summed E-state index contributed by atoms with van der Waals surface area (Å²) in [5.74, 6) is 0.111. The van der Waals surface area contributed by atoms with E-state index in [4.69, 9.17) is 4.74 Å². The third-order valence-electron chi connectivity index (χ3n) is 3.54. The van der Waals surface area contributed by atoms with Crippen LogP contribution < -0.4 is 0 Å². The van der Waals surface area contributed by atoms with Crippen LogP contribution in [0, 0.1) is 10.1 Å². The van der Waals surface area contributed by atoms with Crippen molar-refractivity contribution in [1.82, 2.24) is 4.90 Å². The van der Waals surface area contributed by atoms with E-state index in [0.717, 1.165) is 25.9 Å². The quantitative estimate of drug-likeness (QED) is 0.665. The molecule has 0 bridgehead atoms. The predicted octanol–water partition coefficient (Wildman–Crippen LogP) is 1.91. The van der Waals surface area contributed by atoms with Crippen molar-refractivity contribution >= 4 is 5.69 Å². The first-order valence-corrected chi connectivity index (χ1v) is 6.31. The highest BCUT2D eigenvalue weighted by atomic mass is 16.6. The molecule has 1 fully saturated rings. The van der Waals surface area contributed by atoms with Gasteiger partial charge in [-0.3, -0.25) is 15.0 Å². The first kappa shape index (κ1) is 13.8. The van der Waals surface area contributed by atoms with E-state index in [1.54, 1.807) is 7.11 Å². The number of benzene rings is 1. The van der Waals surface area contributed by atoms with Crippen molar-refractivity contribution in [3.8, 4) is 5.75 Å². The van der Waals surface area contributed by atoms with Crippen LogP contribution in [0.25, 0.3) is 0 Å². The van der Waals surface area contributed by atoms with Crippen LogP contribution in [0.3, 0.4) is 0 Å². The van der Waals surface area contributed by atoms with Gasteiger partial charge in [-0.25, -0.2) is 0 Å². The SMILES string of the molecule is COC1CCN(Cc2cc([N+](=O)[O-])ccc2O)CC1. The number of phenols is 1. The van der Waals surface area contributed by atoms with Gasteiger partial charge in [0.25, 0.3) is 5.69 Å². The van der Waals surface area contributed by atoms with Crippen molar-refractivity contribution in [3.05, 3.63) is 33.9 Å². The van der Waals surface area contributed by atoms with Crippen molar-refractivity contribution in [2.75, 3.05) is 20.2 Å². The number of hydrogen-bond donors (Lipinski definition) is 1. The zero-order valence-electron chi connectivity index (χ0n) is 10.9. The number of piperidine rings is 1. The highest BCUT2D eigenvalue weighted by molar-refractivity contribution is 5.42. The molecule has 6 heteroatoms. The van der Waals surface area contributed by atoms with Gasteiger partial charge in [-0.1, -0.05) is 0 Å². The van der Waals surface area contributed by atoms with Gasteiger partial charge in [0.15, 0.2) is 0 Å². The fraction of sp³-hybridized carbons (Fsp3) is 0.538. The van der Waals surface area contributed by atoms with E-state index < -0.39 is 4.92 Å². The monoisotopic (exact) mass is 266 g/mol. The summed E-state index contributed by atoms with van der Waals surface area (Å²) in [5.41, 5.74) is 0.615. The number of rotatable bonds is 4. The van der Waals surface area contributed by atoms with Crippen molar-refractivity contribution in [2.45, 2.75) is 25.5 Å². The summed E-state index contributed by atoms with van der Waals surface area (Å²) in [5, 5.41) is 20.5. The Labute approximate surface area is 111 Å². The van der Waals surface area contributed by atoms with Crippen LogP contribution in [0.2, 0.25) is 0 Å². The van der Waals surface area contributed by atoms with E-state index in [1.807, 2.05) is 0 Å². The lowest BCUT2D eigenvalue weighted by Crippen LogP contribution is -2.36. The molecule has 1 N–H and O–H groups in total. The van der Waals surface area contributed by atoms with Crippen LogP contribution in [-0.2, 0) is 11.3 Å². The summed E-state index contributed by atoms with van der Waals surface area (Å²) in [7, 11) is 1.71. The Hall–Kier alpha value is -1.66. The van der Waals surface area contributed by atoms with Gasteiger partial charge in [-0.2, -0.15) is 0 Å². The minimum Gasteiger partial charge on any atom is -0.508 e. The van der Waals surface area contributed by atoms with E-state index in [9.17, 15) is 15.2 Å². The molecule has 1 aliphatic rings. The molecule has 1 aromatic carbocycles. The number of non-ortho nitro benzene ring substituents is 1. The van der Waals surface area contributed by atoms with E-state index in [1.165, 1.54) is 18.2 Å². The normalized spacial score (nSPS) is 17.5. The third kappa shape index (κ3) is 3.42. The van der Waals surface area contributed by atoms with Gasteiger partial charge in [-0.05, 0) is 18.9 Å². The molecule has 0 aromatic heterocycles. The minimum atomic E-state index is -0.444. The molecule has 6 nitrogen and oxygen atoms in total. The van der Waals surface area contributed by atoms with Gasteiger partial charge in [0.1, 0.15) is 5.75 Å². The Kier molecular flexibility index (Phi) is 4.34. The lowest BCUT2D eigenvalue weighted by Gasteiger charge is -2.31. The number of nitrogens with zero attached hydrogens (tertiary/aromatic N) is 2. The summed E-state index contributed by atoms with van der Waals surface area (Å²) >= 11 is 0. The molecular weight excluding hydrogens is 248 g/mol. The first-order chi connectivity index (χ1) is 9.10. The Morgan fingerprint density at radius 1 is 1.47 bits per heavy atom. The second-order valence-corrected chi connectivity index (χ2v) is 4.78. The van der Waals surface area contributed by atoms with E-state index in [0.29, 0.717) is 18.2 Å². The molecule has 2 rings (SSSR count). The Bertz CT molecular complexity index is 456. The average Bonchev–Trinajstić information content (AvgIpc) is 2.42. The molecule has 1 aromatic rings. The number of likely N-dealkylation sites (tertiary alicyclic amines) is 1. The fourth-order valence-electron chi connectivity index (χ4n) is 2.36. The molecule has 0 atom stereocenters. The fourth-order valence-corrected chi connectivity index (χ4v) is 2.36. The molecule has 0 saturated carbocycles. The zero-order chi connectivity index (χ0) is 13.8. The summed E-state index contributed by atoms with van der Waals surface area (Å²) in [6.07, 6.45) is 2.20. The van der Waals surface area contributed by atoms with Gasteiger partial charge < -0.3 is 9.84 Å². The lowest BCUT2D eigenvalue weighted by atomic mass is 10.1. The van der Waals surface area contributed by atoms with E-state index in [2.05, 4.69) is 4.90 Å². The van der Waals surface area contributed by atoms with Crippen molar-refractivity contribution in [3.63, 3.8) is 0 Å². The van der Waals surface area contributed by atoms with Crippen molar-refractivity contribution < 1.29 is 14.8 Å². The molecule has 19 heavy (non-hydrogen) atoms. The van der Waals surface area contributed by atoms with Crippen LogP contribution in [0.4, 0.5) is 5.69 Å². The Morgan fingerprint density at radius 2 is 2.16 bits per heavy atom. The minimum absolute atomic E-state index is 0.0135. The molecule has 0 aliphatic carbocycles. The molecule has 0 spiro atoms. The Morgan fingerprint density at radius 3 is 2.74 bits per heavy atom. The molecule has 104 valence electrons. The summed E-state index contributed by atoms with van der Waals surface area (Å²) in [4.78, 5) is 12.5. The van der Waals surface area contributed by atoms with Gasteiger partial charge >= 0.3 is 0 Å². The van der Waals surface area contributed by atoms with Crippen LogP contribution in [0.1, 0.15) is 18.4 Å². The average molecular weight is 266 g/mol. The maximum Gasteiger partial charge on any atom is 0.270 e. The number of ether oxygens (including phenoxy) is 1. The van der Waals surface area contributed by atoms with Crippen LogP contribution in [0.5, 0.6) is 5.75 Å². The van der Waals surface area contributed by atoms with Crippen LogP contribution in [0.15, 0.2) is 18.2 Å². The predicted molar refractivity (Wildman–Crippen MR) is 70.1 cm³/mol. The maximum absolute atomic E-state index is 10.7. The smallest absolute Gasteiger partial charge is 0.270 e. The molecule has 1 heterocycles. The molecular formula is C13H18N2O4. The second-order valence-electron chi connectivity index (χ2n) is 4.78. The number of nitro groups is 1. The van der Waals surface area contributed by atoms with Crippen molar-refractivity contribution in [1.29, 1.82) is 0 Å². The topological polar surface area (TPSA) is 75.8 Å². The zero-order valence-corrected chi connectivity index (χ0v) is 10.9. The molecule has 0 amide bonds. The molecule has 1 saturated heterocycles. The number of hydrogen-bond acceptors (Lipinski definition) is 5. The van der Waals surface area contributed by atoms with Gasteiger partial charge in [-0.15, -0.1) is 0 Å². The van der Waals surface area contributed by atoms with Crippen LogP contribution in [-0.4, -0.2) is 41.2 Å². The highest BCUT2D eigenvalue weighted by Crippen LogP contribution is 2.25. The highest BCUT2D eigenvalue weighted by Gasteiger charge is 2.20. The van der Waals surface area contributed by atoms with Gasteiger partial charge in [0.2, 0.25) is 0 Å². The van der Waals surface area contributed by atoms with Crippen molar-refractivity contribution in [2.24, 2.45) is 0 Å². The number of nitro benzene ring substituents is 1. The molecule has 1 aliphatic heterocycles. The van der Waals surface area contributed by atoms with Gasteiger partial charge in [0.05, 0.1) is 11.0 Å². The van der Waals surface area contributed by atoms with E-state index >= 15 is 0 Å². The second kappa shape index (κ2) is 5.99. The lowest BCUT2D eigenvalue weighted by molar-refractivity contribution is -0.385. The van der Waals surface area contributed by atoms with Gasteiger partial charge in [0, 0.05) is 44.4 Å². The molecule has 0 radical (unpaired) electrons. The largest absolute Gasteiger partial charge is 0.508 e. The molecule has 0 unspecified atom stereocenters. The number of phenolic OH excluding ortho intramolecular Hbond substituents is 1. The standard InChI is InChI=1S/C13H18N2O4/c1-19-12-4-6-14(7-5-12)9-10-8-11(15(17)18)2-3-13(10)16/h2-3,8,12,16H,4-7,9H2,1H3. The first-order valence-electron chi connectivity index (χ1n) is 6.31.